The Labute approximate surface area is 110 Å². The number of rotatable bonds is 7. The lowest BCUT2D eigenvalue weighted by Crippen LogP contribution is -2.16. The predicted octanol–water partition coefficient (Wildman–Crippen LogP) is 1.67. The van der Waals surface area contributed by atoms with Crippen molar-refractivity contribution >= 4 is 17.3 Å². The molecule has 0 saturated heterocycles. The molecule has 7 nitrogen and oxygen atoms in total. The first-order chi connectivity index (χ1) is 8.91. The first-order valence-corrected chi connectivity index (χ1v) is 5.88. The van der Waals surface area contributed by atoms with E-state index in [9.17, 15) is 14.9 Å². The van der Waals surface area contributed by atoms with E-state index < -0.39 is 10.8 Å². The number of nitrogens with one attached hydrogen (secondary N) is 1. The number of carbonyl (C=O) groups excluding carboxylic acids is 1. The molecule has 0 radical (unpaired) electrons. The van der Waals surface area contributed by atoms with Crippen molar-refractivity contribution in [3.63, 3.8) is 0 Å². The highest BCUT2D eigenvalue weighted by atomic mass is 16.6. The maximum absolute atomic E-state index is 11.1. The third kappa shape index (κ3) is 4.46. The molecule has 0 aliphatic heterocycles. The minimum atomic E-state index is -0.510. The number of nitrogens with zero attached hydrogens (tertiary/aromatic N) is 1. The van der Waals surface area contributed by atoms with Gasteiger partial charge in [0.1, 0.15) is 5.69 Å². The van der Waals surface area contributed by atoms with Gasteiger partial charge in [-0.2, -0.15) is 0 Å². The summed E-state index contributed by atoms with van der Waals surface area (Å²) in [5.41, 5.74) is 5.18. The molecule has 3 N–H and O–H groups in total. The molecule has 1 aromatic carbocycles. The summed E-state index contributed by atoms with van der Waals surface area (Å²) in [7, 11) is 0. The van der Waals surface area contributed by atoms with E-state index in [1.54, 1.807) is 26.0 Å². The average Bonchev–Trinajstić information content (AvgIpc) is 2.27. The van der Waals surface area contributed by atoms with Crippen molar-refractivity contribution in [1.29, 1.82) is 0 Å². The smallest absolute Gasteiger partial charge is 0.333 e. The Morgan fingerprint density at radius 1 is 1.53 bits per heavy atom. The molecule has 0 atom stereocenters. The summed E-state index contributed by atoms with van der Waals surface area (Å²) < 4.78 is 5.40. The largest absolute Gasteiger partial charge is 0.484 e. The Bertz CT molecular complexity index is 474. The van der Waals surface area contributed by atoms with Crippen LogP contribution in [0.5, 0.6) is 5.75 Å². The third-order valence-corrected chi connectivity index (χ3v) is 2.23. The molecule has 1 aromatic rings. The highest BCUT2D eigenvalue weighted by Crippen LogP contribution is 2.35. The van der Waals surface area contributed by atoms with Crippen LogP contribution in [-0.2, 0) is 4.79 Å². The number of benzene rings is 1. The lowest BCUT2D eigenvalue weighted by Gasteiger charge is -2.12. The third-order valence-electron chi connectivity index (χ3n) is 2.23. The summed E-state index contributed by atoms with van der Waals surface area (Å²) in [5.74, 6) is -0.270. The fraction of sp³-hybridized carbons (Fsp3) is 0.417. The van der Waals surface area contributed by atoms with Gasteiger partial charge in [-0.1, -0.05) is 6.07 Å². The monoisotopic (exact) mass is 267 g/mol. The van der Waals surface area contributed by atoms with Gasteiger partial charge >= 0.3 is 5.69 Å². The van der Waals surface area contributed by atoms with Gasteiger partial charge in [-0.3, -0.25) is 14.9 Å². The zero-order chi connectivity index (χ0) is 14.4. The van der Waals surface area contributed by atoms with Gasteiger partial charge in [0.05, 0.1) is 11.0 Å². The standard InChI is InChI=1S/C12H17N3O4/c1-8(2)19-10-5-3-4-9(12(10)15(17)18)14-7-6-11(13)16/h3-5,8,14H,6-7H2,1-2H3,(H2,13,16). The second kappa shape index (κ2) is 6.58. The summed E-state index contributed by atoms with van der Waals surface area (Å²) in [4.78, 5) is 21.2. The lowest BCUT2D eigenvalue weighted by atomic mass is 10.2. The molecule has 0 saturated carbocycles. The fourth-order valence-corrected chi connectivity index (χ4v) is 1.52. The van der Waals surface area contributed by atoms with Crippen molar-refractivity contribution in [2.75, 3.05) is 11.9 Å². The summed E-state index contributed by atoms with van der Waals surface area (Å²) in [6.45, 7) is 3.81. The summed E-state index contributed by atoms with van der Waals surface area (Å²) >= 11 is 0. The molecular weight excluding hydrogens is 250 g/mol. The van der Waals surface area contributed by atoms with Crippen LogP contribution in [0.25, 0.3) is 0 Å². The van der Waals surface area contributed by atoms with E-state index >= 15 is 0 Å². The van der Waals surface area contributed by atoms with Crippen LogP contribution < -0.4 is 15.8 Å². The number of nitrogens with two attached hydrogens (primary N) is 1. The minimum Gasteiger partial charge on any atom is -0.484 e. The van der Waals surface area contributed by atoms with E-state index in [4.69, 9.17) is 10.5 Å². The normalized spacial score (nSPS) is 10.3. The molecule has 1 amide bonds. The van der Waals surface area contributed by atoms with E-state index in [1.165, 1.54) is 6.07 Å². The molecule has 0 unspecified atom stereocenters. The molecule has 104 valence electrons. The van der Waals surface area contributed by atoms with Crippen LogP contribution in [0.3, 0.4) is 0 Å². The first kappa shape index (κ1) is 14.7. The number of anilines is 1. The predicted molar refractivity (Wildman–Crippen MR) is 71.2 cm³/mol. The van der Waals surface area contributed by atoms with Gasteiger partial charge in [-0.05, 0) is 26.0 Å². The van der Waals surface area contributed by atoms with Crippen molar-refractivity contribution < 1.29 is 14.5 Å². The summed E-state index contributed by atoms with van der Waals surface area (Å²) in [6.07, 6.45) is -0.0635. The number of nitro benzene ring substituents is 1. The Morgan fingerprint density at radius 2 is 2.21 bits per heavy atom. The molecule has 0 aromatic heterocycles. The minimum absolute atomic E-state index is 0.104. The van der Waals surface area contributed by atoms with Gasteiger partial charge in [0.15, 0.2) is 5.75 Å². The van der Waals surface area contributed by atoms with Gasteiger partial charge < -0.3 is 15.8 Å². The Balaban J connectivity index is 2.96. The SMILES string of the molecule is CC(C)Oc1cccc(NCCC(N)=O)c1[N+](=O)[O-]. The maximum atomic E-state index is 11.1. The van der Waals surface area contributed by atoms with Crippen LogP contribution in [0.4, 0.5) is 11.4 Å². The average molecular weight is 267 g/mol. The number of primary amides is 1. The van der Waals surface area contributed by atoms with E-state index in [0.717, 1.165) is 0 Å². The van der Waals surface area contributed by atoms with Crippen molar-refractivity contribution in [3.8, 4) is 5.75 Å². The molecule has 0 fully saturated rings. The topological polar surface area (TPSA) is 107 Å². The van der Waals surface area contributed by atoms with Crippen molar-refractivity contribution in [1.82, 2.24) is 0 Å². The highest BCUT2D eigenvalue weighted by Gasteiger charge is 2.21. The Kier molecular flexibility index (Phi) is 5.11. The van der Waals surface area contributed by atoms with Gasteiger partial charge in [0, 0.05) is 13.0 Å². The van der Waals surface area contributed by atoms with Crippen LogP contribution in [0.1, 0.15) is 20.3 Å². The molecule has 0 bridgehead atoms. The molecule has 0 spiro atoms. The molecule has 0 aliphatic carbocycles. The van der Waals surface area contributed by atoms with Crippen LogP contribution >= 0.6 is 0 Å². The van der Waals surface area contributed by atoms with Crippen LogP contribution in [0.15, 0.2) is 18.2 Å². The second-order valence-electron chi connectivity index (χ2n) is 4.22. The zero-order valence-corrected chi connectivity index (χ0v) is 10.9. The highest BCUT2D eigenvalue weighted by molar-refractivity contribution is 5.75. The first-order valence-electron chi connectivity index (χ1n) is 5.88. The fourth-order valence-electron chi connectivity index (χ4n) is 1.52. The number of hydrogen-bond acceptors (Lipinski definition) is 5. The van der Waals surface area contributed by atoms with Crippen molar-refractivity contribution in [2.45, 2.75) is 26.4 Å². The van der Waals surface area contributed by atoms with Crippen molar-refractivity contribution in [3.05, 3.63) is 28.3 Å². The Hall–Kier alpha value is -2.31. The van der Waals surface area contributed by atoms with Crippen LogP contribution in [0.2, 0.25) is 0 Å². The van der Waals surface area contributed by atoms with E-state index in [1.807, 2.05) is 0 Å². The number of amides is 1. The van der Waals surface area contributed by atoms with Gasteiger partial charge in [-0.25, -0.2) is 0 Å². The second-order valence-corrected chi connectivity index (χ2v) is 4.22. The quantitative estimate of drug-likeness (QED) is 0.577. The Morgan fingerprint density at radius 3 is 2.74 bits per heavy atom. The van der Waals surface area contributed by atoms with E-state index in [0.29, 0.717) is 5.69 Å². The number of ether oxygens (including phenoxy) is 1. The number of hydrogen-bond donors (Lipinski definition) is 2. The van der Waals surface area contributed by atoms with Gasteiger partial charge in [0.25, 0.3) is 0 Å². The van der Waals surface area contributed by atoms with Crippen molar-refractivity contribution in [2.24, 2.45) is 5.73 Å². The van der Waals surface area contributed by atoms with Gasteiger partial charge in [0.2, 0.25) is 5.91 Å². The zero-order valence-electron chi connectivity index (χ0n) is 10.9. The summed E-state index contributed by atoms with van der Waals surface area (Å²) in [6, 6.07) is 4.75. The molecule has 1 rings (SSSR count). The number of para-hydroxylation sites is 1. The van der Waals surface area contributed by atoms with E-state index in [-0.39, 0.29) is 30.5 Å². The summed E-state index contributed by atoms with van der Waals surface area (Å²) in [5, 5.41) is 13.9. The number of nitro groups is 1. The van der Waals surface area contributed by atoms with Gasteiger partial charge in [-0.15, -0.1) is 0 Å². The molecule has 7 heteroatoms. The van der Waals surface area contributed by atoms with E-state index in [2.05, 4.69) is 5.32 Å². The van der Waals surface area contributed by atoms with Crippen LogP contribution in [0, 0.1) is 10.1 Å². The molecule has 0 aliphatic rings. The lowest BCUT2D eigenvalue weighted by molar-refractivity contribution is -0.385. The molecular formula is C12H17N3O4. The molecule has 0 heterocycles. The molecule has 19 heavy (non-hydrogen) atoms. The maximum Gasteiger partial charge on any atom is 0.333 e. The van der Waals surface area contributed by atoms with Crippen LogP contribution in [-0.4, -0.2) is 23.5 Å². The number of carbonyl (C=O) groups is 1.